The van der Waals surface area contributed by atoms with Crippen LogP contribution in [0.5, 0.6) is 0 Å². The standard InChI is InChI=1S/C21H26N2O4/c1-21(2,3)27-20(26)22-18-13-23(12-17(18)19(24)25)11-15-9-6-8-14-7-4-5-10-16(14)15/h4-10,17-18H,11-13H2,1-3H3,(H,22,26)(H,24,25)/t17-,18+/m1/s1. The lowest BCUT2D eigenvalue weighted by atomic mass is 10.0. The number of nitrogens with zero attached hydrogens (tertiary/aromatic N) is 1. The number of rotatable bonds is 4. The van der Waals surface area contributed by atoms with Crippen molar-refractivity contribution in [2.75, 3.05) is 13.1 Å². The van der Waals surface area contributed by atoms with Crippen molar-refractivity contribution in [2.24, 2.45) is 5.92 Å². The summed E-state index contributed by atoms with van der Waals surface area (Å²) in [6, 6.07) is 13.8. The normalized spacial score (nSPS) is 20.6. The summed E-state index contributed by atoms with van der Waals surface area (Å²) in [6.07, 6.45) is -0.578. The lowest BCUT2D eigenvalue weighted by molar-refractivity contribution is -0.141. The Hall–Kier alpha value is -2.60. The van der Waals surface area contributed by atoms with Gasteiger partial charge in [0, 0.05) is 19.6 Å². The van der Waals surface area contributed by atoms with Gasteiger partial charge in [-0.2, -0.15) is 0 Å². The van der Waals surface area contributed by atoms with E-state index in [0.717, 1.165) is 16.3 Å². The van der Waals surface area contributed by atoms with Gasteiger partial charge in [0.15, 0.2) is 0 Å². The van der Waals surface area contributed by atoms with Crippen LogP contribution >= 0.6 is 0 Å². The lowest BCUT2D eigenvalue weighted by Crippen LogP contribution is -2.45. The molecule has 2 N–H and O–H groups in total. The summed E-state index contributed by atoms with van der Waals surface area (Å²) >= 11 is 0. The van der Waals surface area contributed by atoms with E-state index in [-0.39, 0.29) is 0 Å². The number of amides is 1. The summed E-state index contributed by atoms with van der Waals surface area (Å²) in [5.74, 6) is -1.57. The molecule has 1 amide bonds. The van der Waals surface area contributed by atoms with Gasteiger partial charge >= 0.3 is 12.1 Å². The Balaban J connectivity index is 1.72. The Bertz CT molecular complexity index is 838. The first-order valence-corrected chi connectivity index (χ1v) is 9.14. The molecule has 144 valence electrons. The van der Waals surface area contributed by atoms with Crippen LogP contribution in [-0.2, 0) is 16.1 Å². The van der Waals surface area contributed by atoms with Crippen LogP contribution in [0.25, 0.3) is 10.8 Å². The fourth-order valence-electron chi connectivity index (χ4n) is 3.54. The van der Waals surface area contributed by atoms with E-state index < -0.39 is 29.6 Å². The minimum Gasteiger partial charge on any atom is -0.481 e. The smallest absolute Gasteiger partial charge is 0.407 e. The predicted octanol–water partition coefficient (Wildman–Crippen LogP) is 3.25. The van der Waals surface area contributed by atoms with Gasteiger partial charge < -0.3 is 15.2 Å². The van der Waals surface area contributed by atoms with Gasteiger partial charge in [-0.1, -0.05) is 42.5 Å². The van der Waals surface area contributed by atoms with Crippen molar-refractivity contribution in [1.82, 2.24) is 10.2 Å². The van der Waals surface area contributed by atoms with Crippen molar-refractivity contribution >= 4 is 22.8 Å². The molecule has 2 aromatic carbocycles. The molecule has 0 radical (unpaired) electrons. The fourth-order valence-corrected chi connectivity index (χ4v) is 3.54. The van der Waals surface area contributed by atoms with E-state index in [9.17, 15) is 14.7 Å². The molecule has 1 heterocycles. The molecule has 0 spiro atoms. The maximum absolute atomic E-state index is 12.1. The number of fused-ring (bicyclic) bond motifs is 1. The van der Waals surface area contributed by atoms with E-state index in [0.29, 0.717) is 19.6 Å². The van der Waals surface area contributed by atoms with Gasteiger partial charge in [0.2, 0.25) is 0 Å². The number of carboxylic acid groups (broad SMARTS) is 1. The van der Waals surface area contributed by atoms with Crippen molar-refractivity contribution < 1.29 is 19.4 Å². The van der Waals surface area contributed by atoms with Crippen molar-refractivity contribution in [3.8, 4) is 0 Å². The third-order valence-electron chi connectivity index (χ3n) is 4.69. The molecule has 3 rings (SSSR count). The minimum atomic E-state index is -0.906. The number of nitrogens with one attached hydrogen (secondary N) is 1. The van der Waals surface area contributed by atoms with Crippen LogP contribution < -0.4 is 5.32 Å². The largest absolute Gasteiger partial charge is 0.481 e. The van der Waals surface area contributed by atoms with Gasteiger partial charge in [-0.15, -0.1) is 0 Å². The van der Waals surface area contributed by atoms with Gasteiger partial charge in [-0.3, -0.25) is 9.69 Å². The average molecular weight is 370 g/mol. The molecular weight excluding hydrogens is 344 g/mol. The van der Waals surface area contributed by atoms with E-state index >= 15 is 0 Å². The molecule has 1 saturated heterocycles. The van der Waals surface area contributed by atoms with Crippen LogP contribution in [0.4, 0.5) is 4.79 Å². The van der Waals surface area contributed by atoms with E-state index in [1.165, 1.54) is 0 Å². The van der Waals surface area contributed by atoms with Crippen LogP contribution in [0.1, 0.15) is 26.3 Å². The van der Waals surface area contributed by atoms with Crippen LogP contribution in [0.15, 0.2) is 42.5 Å². The van der Waals surface area contributed by atoms with Gasteiger partial charge in [-0.05, 0) is 37.1 Å². The van der Waals surface area contributed by atoms with Gasteiger partial charge in [0.05, 0.1) is 12.0 Å². The number of alkyl carbamates (subject to hydrolysis) is 1. The first kappa shape index (κ1) is 19.2. The lowest BCUT2D eigenvalue weighted by Gasteiger charge is -2.23. The molecule has 6 heteroatoms. The van der Waals surface area contributed by atoms with E-state index in [4.69, 9.17) is 4.74 Å². The third-order valence-corrected chi connectivity index (χ3v) is 4.69. The molecule has 2 aromatic rings. The second-order valence-electron chi connectivity index (χ2n) is 8.03. The summed E-state index contributed by atoms with van der Waals surface area (Å²) in [5.41, 5.74) is 0.527. The maximum atomic E-state index is 12.1. The molecule has 27 heavy (non-hydrogen) atoms. The first-order valence-electron chi connectivity index (χ1n) is 9.14. The number of carbonyl (C=O) groups is 2. The molecule has 0 saturated carbocycles. The quantitative estimate of drug-likeness (QED) is 0.864. The number of hydrogen-bond donors (Lipinski definition) is 2. The zero-order valence-corrected chi connectivity index (χ0v) is 15.9. The summed E-state index contributed by atoms with van der Waals surface area (Å²) in [5, 5.41) is 14.6. The molecular formula is C21H26N2O4. The SMILES string of the molecule is CC(C)(C)OC(=O)N[C@H]1CN(Cc2cccc3ccccc23)C[C@H]1C(=O)O. The molecule has 1 fully saturated rings. The highest BCUT2D eigenvalue weighted by molar-refractivity contribution is 5.85. The summed E-state index contributed by atoms with van der Waals surface area (Å²) < 4.78 is 5.28. The molecule has 2 atom stereocenters. The van der Waals surface area contributed by atoms with Gasteiger partial charge in [0.25, 0.3) is 0 Å². The number of carboxylic acids is 1. The molecule has 0 bridgehead atoms. The molecule has 0 aromatic heterocycles. The van der Waals surface area contributed by atoms with Crippen molar-refractivity contribution in [3.05, 3.63) is 48.0 Å². The van der Waals surface area contributed by atoms with Crippen LogP contribution in [0.2, 0.25) is 0 Å². The highest BCUT2D eigenvalue weighted by atomic mass is 16.6. The van der Waals surface area contributed by atoms with Crippen LogP contribution in [0, 0.1) is 5.92 Å². The Morgan fingerprint density at radius 3 is 2.56 bits per heavy atom. The highest BCUT2D eigenvalue weighted by Crippen LogP contribution is 2.24. The average Bonchev–Trinajstić information content (AvgIpc) is 2.96. The number of benzene rings is 2. The summed E-state index contributed by atoms with van der Waals surface area (Å²) in [6.45, 7) is 6.84. The Morgan fingerprint density at radius 1 is 1.15 bits per heavy atom. The molecule has 0 aliphatic carbocycles. The van der Waals surface area contributed by atoms with Crippen molar-refractivity contribution in [2.45, 2.75) is 39.0 Å². The topological polar surface area (TPSA) is 78.9 Å². The Morgan fingerprint density at radius 2 is 1.85 bits per heavy atom. The number of likely N-dealkylation sites (tertiary alicyclic amines) is 1. The Kier molecular flexibility index (Phi) is 5.37. The van der Waals surface area contributed by atoms with Gasteiger partial charge in [0.1, 0.15) is 5.60 Å². The second kappa shape index (κ2) is 7.56. The molecule has 0 unspecified atom stereocenters. The number of ether oxygens (including phenoxy) is 1. The predicted molar refractivity (Wildman–Crippen MR) is 104 cm³/mol. The van der Waals surface area contributed by atoms with E-state index in [2.05, 4.69) is 34.5 Å². The number of aliphatic carboxylic acids is 1. The third kappa shape index (κ3) is 4.77. The van der Waals surface area contributed by atoms with E-state index in [1.807, 2.05) is 18.2 Å². The van der Waals surface area contributed by atoms with Crippen LogP contribution in [-0.4, -0.2) is 46.8 Å². The first-order chi connectivity index (χ1) is 12.7. The second-order valence-corrected chi connectivity index (χ2v) is 8.03. The Labute approximate surface area is 159 Å². The molecule has 6 nitrogen and oxygen atoms in total. The van der Waals surface area contributed by atoms with E-state index in [1.54, 1.807) is 20.8 Å². The van der Waals surface area contributed by atoms with Gasteiger partial charge in [-0.25, -0.2) is 4.79 Å². The number of carbonyl (C=O) groups excluding carboxylic acids is 1. The maximum Gasteiger partial charge on any atom is 0.407 e. The fraction of sp³-hybridized carbons (Fsp3) is 0.429. The zero-order valence-electron chi connectivity index (χ0n) is 15.9. The number of hydrogen-bond acceptors (Lipinski definition) is 4. The zero-order chi connectivity index (χ0) is 19.6. The highest BCUT2D eigenvalue weighted by Gasteiger charge is 2.39. The molecule has 1 aliphatic heterocycles. The summed E-state index contributed by atoms with van der Waals surface area (Å²) in [7, 11) is 0. The van der Waals surface area contributed by atoms with Crippen molar-refractivity contribution in [1.29, 1.82) is 0 Å². The van der Waals surface area contributed by atoms with Crippen LogP contribution in [0.3, 0.4) is 0 Å². The minimum absolute atomic E-state index is 0.388. The van der Waals surface area contributed by atoms with Crippen molar-refractivity contribution in [3.63, 3.8) is 0 Å². The summed E-state index contributed by atoms with van der Waals surface area (Å²) in [4.78, 5) is 25.8. The molecule has 1 aliphatic rings. The monoisotopic (exact) mass is 370 g/mol.